The number of carbonyl (C=O) groups excluding carboxylic acids is 2. The summed E-state index contributed by atoms with van der Waals surface area (Å²) >= 11 is 0. The van der Waals surface area contributed by atoms with Crippen LogP contribution in [0.5, 0.6) is 0 Å². The topological polar surface area (TPSA) is 125 Å². The van der Waals surface area contributed by atoms with Crippen LogP contribution < -0.4 is 10.6 Å². The number of amides is 2. The van der Waals surface area contributed by atoms with Crippen molar-refractivity contribution in [3.63, 3.8) is 0 Å². The molecular weight excluding hydrogens is 448 g/mol. The van der Waals surface area contributed by atoms with E-state index >= 15 is 0 Å². The van der Waals surface area contributed by atoms with Gasteiger partial charge < -0.3 is 25.6 Å². The van der Waals surface area contributed by atoms with Crippen LogP contribution in [0.2, 0.25) is 0 Å². The highest BCUT2D eigenvalue weighted by molar-refractivity contribution is 5.80. The number of aliphatic carboxylic acids is 1. The number of aliphatic hydroxyl groups is 1. The van der Waals surface area contributed by atoms with Crippen LogP contribution in [-0.4, -0.2) is 53.5 Å². The number of carbonyl (C=O) groups is 3. The maximum absolute atomic E-state index is 12.7. The molecule has 0 aliphatic heterocycles. The zero-order valence-corrected chi connectivity index (χ0v) is 19.8. The summed E-state index contributed by atoms with van der Waals surface area (Å²) in [7, 11) is 0. The van der Waals surface area contributed by atoms with Gasteiger partial charge in [0.25, 0.3) is 0 Å². The van der Waals surface area contributed by atoms with E-state index in [1.54, 1.807) is 0 Å². The molecule has 0 radical (unpaired) electrons. The van der Waals surface area contributed by atoms with Crippen LogP contribution in [0.4, 0.5) is 4.79 Å². The average molecular weight is 481 g/mol. The Morgan fingerprint density at radius 2 is 1.63 bits per heavy atom. The first kappa shape index (κ1) is 24.7. The van der Waals surface area contributed by atoms with Gasteiger partial charge in [0.2, 0.25) is 5.91 Å². The second-order valence-electron chi connectivity index (χ2n) is 9.79. The van der Waals surface area contributed by atoms with Crippen molar-refractivity contribution < 1.29 is 29.3 Å². The number of carboxylic acids is 1. The Labute approximate surface area is 204 Å². The number of alkyl carbamates (subject to hydrolysis) is 1. The lowest BCUT2D eigenvalue weighted by Gasteiger charge is -2.24. The SMILES string of the molecule is CC(O)(CNC(=O)C1CCCC1CNC(=O)OCC1c2ccccc2-c2ccccc21)CC(=O)O. The molecule has 1 fully saturated rings. The lowest BCUT2D eigenvalue weighted by Crippen LogP contribution is -2.45. The largest absolute Gasteiger partial charge is 0.481 e. The van der Waals surface area contributed by atoms with Crippen molar-refractivity contribution in [3.8, 4) is 11.1 Å². The molecule has 3 atom stereocenters. The van der Waals surface area contributed by atoms with E-state index in [1.807, 2.05) is 24.3 Å². The second-order valence-corrected chi connectivity index (χ2v) is 9.79. The standard InChI is InChI=1S/C27H32N2O6/c1-27(34,13-24(30)31)16-29-25(32)18-12-6-7-17(18)14-28-26(33)35-15-23-21-10-4-2-8-19(21)20-9-3-5-11-22(20)23/h2-5,8-11,17-18,23,34H,6-7,12-16H2,1H3,(H,28,33)(H,29,32)(H,30,31). The van der Waals surface area contributed by atoms with Gasteiger partial charge in [-0.05, 0) is 47.9 Å². The highest BCUT2D eigenvalue weighted by Crippen LogP contribution is 2.44. The van der Waals surface area contributed by atoms with E-state index in [0.29, 0.717) is 13.0 Å². The molecule has 0 spiro atoms. The smallest absolute Gasteiger partial charge is 0.407 e. The predicted molar refractivity (Wildman–Crippen MR) is 130 cm³/mol. The molecule has 8 heteroatoms. The minimum Gasteiger partial charge on any atom is -0.481 e. The molecule has 2 aliphatic rings. The summed E-state index contributed by atoms with van der Waals surface area (Å²) in [5, 5.41) is 24.5. The molecular formula is C27H32N2O6. The Bertz CT molecular complexity index is 1050. The van der Waals surface area contributed by atoms with E-state index in [0.717, 1.165) is 24.0 Å². The molecule has 2 amide bonds. The Kier molecular flexibility index (Phi) is 7.40. The minimum absolute atomic E-state index is 0.0169. The van der Waals surface area contributed by atoms with Gasteiger partial charge in [-0.25, -0.2) is 4.79 Å². The average Bonchev–Trinajstić information content (AvgIpc) is 3.42. The molecule has 2 aliphatic carbocycles. The van der Waals surface area contributed by atoms with Gasteiger partial charge >= 0.3 is 12.1 Å². The molecule has 186 valence electrons. The first-order valence-corrected chi connectivity index (χ1v) is 12.1. The van der Waals surface area contributed by atoms with E-state index in [9.17, 15) is 19.5 Å². The van der Waals surface area contributed by atoms with Crippen LogP contribution >= 0.6 is 0 Å². The van der Waals surface area contributed by atoms with E-state index in [2.05, 4.69) is 34.9 Å². The molecule has 0 bridgehead atoms. The van der Waals surface area contributed by atoms with Gasteiger partial charge in [-0.2, -0.15) is 0 Å². The fraction of sp³-hybridized carbons (Fsp3) is 0.444. The Balaban J connectivity index is 1.27. The normalized spacial score (nSPS) is 20.4. The van der Waals surface area contributed by atoms with Crippen molar-refractivity contribution in [3.05, 3.63) is 59.7 Å². The quantitative estimate of drug-likeness (QED) is 0.437. The van der Waals surface area contributed by atoms with Crippen LogP contribution in [0, 0.1) is 11.8 Å². The fourth-order valence-electron chi connectivity index (χ4n) is 5.29. The van der Waals surface area contributed by atoms with Crippen molar-refractivity contribution in [2.75, 3.05) is 19.7 Å². The molecule has 0 saturated heterocycles. The van der Waals surface area contributed by atoms with Crippen LogP contribution in [0.1, 0.15) is 49.7 Å². The molecule has 0 aromatic heterocycles. The van der Waals surface area contributed by atoms with Gasteiger partial charge in [0.05, 0.1) is 12.0 Å². The number of hydrogen-bond acceptors (Lipinski definition) is 5. The summed E-state index contributed by atoms with van der Waals surface area (Å²) in [6, 6.07) is 16.3. The van der Waals surface area contributed by atoms with E-state index < -0.39 is 24.1 Å². The maximum Gasteiger partial charge on any atom is 0.407 e. The number of ether oxygens (including phenoxy) is 1. The Morgan fingerprint density at radius 3 is 2.26 bits per heavy atom. The first-order valence-electron chi connectivity index (χ1n) is 12.1. The summed E-state index contributed by atoms with van der Waals surface area (Å²) in [5.74, 6) is -1.72. The van der Waals surface area contributed by atoms with Crippen LogP contribution in [0.25, 0.3) is 11.1 Å². The van der Waals surface area contributed by atoms with Gasteiger partial charge in [-0.1, -0.05) is 55.0 Å². The minimum atomic E-state index is -1.52. The van der Waals surface area contributed by atoms with Gasteiger partial charge in [0, 0.05) is 24.9 Å². The predicted octanol–water partition coefficient (Wildman–Crippen LogP) is 3.28. The zero-order valence-electron chi connectivity index (χ0n) is 19.8. The molecule has 35 heavy (non-hydrogen) atoms. The van der Waals surface area contributed by atoms with Gasteiger partial charge in [-0.15, -0.1) is 0 Å². The Hall–Kier alpha value is -3.39. The highest BCUT2D eigenvalue weighted by Gasteiger charge is 2.35. The summed E-state index contributed by atoms with van der Waals surface area (Å²) < 4.78 is 5.59. The fourth-order valence-corrected chi connectivity index (χ4v) is 5.29. The van der Waals surface area contributed by atoms with E-state index in [1.165, 1.54) is 18.1 Å². The van der Waals surface area contributed by atoms with E-state index in [-0.39, 0.29) is 36.8 Å². The van der Waals surface area contributed by atoms with Gasteiger partial charge in [0.1, 0.15) is 6.61 Å². The van der Waals surface area contributed by atoms with Crippen molar-refractivity contribution in [2.24, 2.45) is 11.8 Å². The number of carboxylic acid groups (broad SMARTS) is 1. The van der Waals surface area contributed by atoms with Crippen LogP contribution in [0.15, 0.2) is 48.5 Å². The van der Waals surface area contributed by atoms with Crippen LogP contribution in [-0.2, 0) is 14.3 Å². The van der Waals surface area contributed by atoms with Crippen molar-refractivity contribution in [2.45, 2.75) is 44.1 Å². The van der Waals surface area contributed by atoms with Crippen molar-refractivity contribution in [1.82, 2.24) is 10.6 Å². The molecule has 2 aromatic carbocycles. The van der Waals surface area contributed by atoms with Gasteiger partial charge in [-0.3, -0.25) is 9.59 Å². The first-order chi connectivity index (χ1) is 16.7. The number of nitrogens with one attached hydrogen (secondary N) is 2. The third-order valence-electron chi connectivity index (χ3n) is 7.02. The Morgan fingerprint density at radius 1 is 1.00 bits per heavy atom. The summed E-state index contributed by atoms with van der Waals surface area (Å²) in [6.45, 7) is 1.79. The number of hydrogen-bond donors (Lipinski definition) is 4. The third kappa shape index (κ3) is 5.82. The zero-order chi connectivity index (χ0) is 25.0. The molecule has 4 N–H and O–H groups in total. The van der Waals surface area contributed by atoms with E-state index in [4.69, 9.17) is 9.84 Å². The lowest BCUT2D eigenvalue weighted by atomic mass is 9.94. The summed E-state index contributed by atoms with van der Waals surface area (Å²) in [6.07, 6.45) is 1.38. The molecule has 1 saturated carbocycles. The molecule has 2 aromatic rings. The maximum atomic E-state index is 12.7. The number of benzene rings is 2. The monoisotopic (exact) mass is 480 g/mol. The van der Waals surface area contributed by atoms with Crippen molar-refractivity contribution in [1.29, 1.82) is 0 Å². The van der Waals surface area contributed by atoms with Crippen LogP contribution in [0.3, 0.4) is 0 Å². The molecule has 0 heterocycles. The molecule has 8 nitrogen and oxygen atoms in total. The summed E-state index contributed by atoms with van der Waals surface area (Å²) in [4.78, 5) is 36.0. The second kappa shape index (κ2) is 10.5. The van der Waals surface area contributed by atoms with Gasteiger partial charge in [0.15, 0.2) is 0 Å². The molecule has 4 rings (SSSR count). The number of fused-ring (bicyclic) bond motifs is 3. The third-order valence-corrected chi connectivity index (χ3v) is 7.02. The highest BCUT2D eigenvalue weighted by atomic mass is 16.5. The molecule has 3 unspecified atom stereocenters. The summed E-state index contributed by atoms with van der Waals surface area (Å²) in [5.41, 5.74) is 3.11. The van der Waals surface area contributed by atoms with Crippen molar-refractivity contribution >= 4 is 18.0 Å². The lowest BCUT2D eigenvalue weighted by molar-refractivity contribution is -0.142. The number of rotatable bonds is 9.